The number of amides is 1. The topological polar surface area (TPSA) is 38.3 Å². The SMILES string of the molecule is CC(C)(C)OC(=O)NCCC1(C)c2ccc(-c3ccccc3)cc2CCC1(C)C. The molecule has 3 rings (SSSR count). The van der Waals surface area contributed by atoms with Gasteiger partial charge in [-0.25, -0.2) is 4.79 Å². The number of hydrogen-bond acceptors (Lipinski definition) is 2. The van der Waals surface area contributed by atoms with Crippen molar-refractivity contribution in [2.24, 2.45) is 5.41 Å². The van der Waals surface area contributed by atoms with E-state index in [1.54, 1.807) is 0 Å². The molecule has 1 aliphatic rings. The van der Waals surface area contributed by atoms with Crippen LogP contribution in [0.25, 0.3) is 11.1 Å². The van der Waals surface area contributed by atoms with Crippen LogP contribution < -0.4 is 5.32 Å². The summed E-state index contributed by atoms with van der Waals surface area (Å²) in [4.78, 5) is 12.1. The van der Waals surface area contributed by atoms with Gasteiger partial charge in [-0.1, -0.05) is 69.3 Å². The molecule has 1 aliphatic carbocycles. The Morgan fingerprint density at radius 3 is 2.38 bits per heavy atom. The van der Waals surface area contributed by atoms with Crippen molar-refractivity contribution in [2.45, 2.75) is 71.8 Å². The molecular formula is C26H35NO2. The summed E-state index contributed by atoms with van der Waals surface area (Å²) in [6.07, 6.45) is 2.78. The second kappa shape index (κ2) is 7.85. The fraction of sp³-hybridized carbons (Fsp3) is 0.500. The summed E-state index contributed by atoms with van der Waals surface area (Å²) in [5.74, 6) is 0. The normalized spacial score (nSPS) is 20.6. The van der Waals surface area contributed by atoms with E-state index in [1.807, 2.05) is 20.8 Å². The number of nitrogens with one attached hydrogen (secondary N) is 1. The van der Waals surface area contributed by atoms with E-state index in [1.165, 1.54) is 22.3 Å². The maximum absolute atomic E-state index is 12.1. The molecule has 1 amide bonds. The van der Waals surface area contributed by atoms with Crippen molar-refractivity contribution < 1.29 is 9.53 Å². The Labute approximate surface area is 175 Å². The zero-order chi connectivity index (χ0) is 21.3. The molecule has 0 spiro atoms. The predicted octanol–water partition coefficient (Wildman–Crippen LogP) is 6.50. The molecule has 1 unspecified atom stereocenters. The molecule has 0 bridgehead atoms. The van der Waals surface area contributed by atoms with Gasteiger partial charge in [0, 0.05) is 6.54 Å². The van der Waals surface area contributed by atoms with Gasteiger partial charge in [0.15, 0.2) is 0 Å². The van der Waals surface area contributed by atoms with Crippen LogP contribution in [0.2, 0.25) is 0 Å². The Hall–Kier alpha value is -2.29. The first-order chi connectivity index (χ1) is 13.5. The quantitative estimate of drug-likeness (QED) is 0.644. The Bertz CT molecular complexity index is 864. The maximum Gasteiger partial charge on any atom is 0.407 e. The van der Waals surface area contributed by atoms with Crippen LogP contribution in [0.3, 0.4) is 0 Å². The lowest BCUT2D eigenvalue weighted by Gasteiger charge is -2.49. The van der Waals surface area contributed by atoms with Crippen molar-refractivity contribution in [1.29, 1.82) is 0 Å². The predicted molar refractivity (Wildman–Crippen MR) is 120 cm³/mol. The number of alkyl carbamates (subject to hydrolysis) is 1. The number of fused-ring (bicyclic) bond motifs is 1. The second-order valence-electron chi connectivity index (χ2n) is 10.1. The molecule has 0 heterocycles. The molecule has 0 aliphatic heterocycles. The van der Waals surface area contributed by atoms with E-state index in [4.69, 9.17) is 4.74 Å². The van der Waals surface area contributed by atoms with Crippen LogP contribution in [0, 0.1) is 5.41 Å². The van der Waals surface area contributed by atoms with Gasteiger partial charge in [-0.2, -0.15) is 0 Å². The van der Waals surface area contributed by atoms with Gasteiger partial charge in [-0.3, -0.25) is 0 Å². The summed E-state index contributed by atoms with van der Waals surface area (Å²) in [5.41, 5.74) is 5.06. The van der Waals surface area contributed by atoms with Crippen LogP contribution in [0.5, 0.6) is 0 Å². The Balaban J connectivity index is 1.82. The minimum absolute atomic E-state index is 0.00911. The highest BCUT2D eigenvalue weighted by Crippen LogP contribution is 2.52. The molecule has 0 fully saturated rings. The lowest BCUT2D eigenvalue weighted by molar-refractivity contribution is 0.0512. The molecule has 29 heavy (non-hydrogen) atoms. The summed E-state index contributed by atoms with van der Waals surface area (Å²) < 4.78 is 5.40. The summed E-state index contributed by atoms with van der Waals surface area (Å²) >= 11 is 0. The number of hydrogen-bond donors (Lipinski definition) is 1. The van der Waals surface area contributed by atoms with E-state index in [0.29, 0.717) is 6.54 Å². The van der Waals surface area contributed by atoms with E-state index in [9.17, 15) is 4.79 Å². The maximum atomic E-state index is 12.1. The fourth-order valence-electron chi connectivity index (χ4n) is 4.44. The third kappa shape index (κ3) is 4.66. The Kier molecular flexibility index (Phi) is 5.80. The highest BCUT2D eigenvalue weighted by atomic mass is 16.6. The number of ether oxygens (including phenoxy) is 1. The van der Waals surface area contributed by atoms with Crippen LogP contribution in [0.4, 0.5) is 4.79 Å². The smallest absolute Gasteiger partial charge is 0.407 e. The van der Waals surface area contributed by atoms with Crippen LogP contribution in [0.15, 0.2) is 48.5 Å². The van der Waals surface area contributed by atoms with Gasteiger partial charge < -0.3 is 10.1 Å². The number of aryl methyl sites for hydroxylation is 1. The van der Waals surface area contributed by atoms with E-state index >= 15 is 0 Å². The van der Waals surface area contributed by atoms with Gasteiger partial charge in [-0.05, 0) is 73.1 Å². The van der Waals surface area contributed by atoms with Crippen molar-refractivity contribution in [1.82, 2.24) is 5.32 Å². The molecule has 1 atom stereocenters. The molecule has 0 radical (unpaired) electrons. The van der Waals surface area contributed by atoms with Crippen molar-refractivity contribution in [3.8, 4) is 11.1 Å². The number of carbonyl (C=O) groups excluding carboxylic acids is 1. The molecule has 3 heteroatoms. The van der Waals surface area contributed by atoms with Crippen molar-refractivity contribution in [2.75, 3.05) is 6.54 Å². The average molecular weight is 394 g/mol. The largest absolute Gasteiger partial charge is 0.444 e. The lowest BCUT2D eigenvalue weighted by atomic mass is 9.55. The summed E-state index contributed by atoms with van der Waals surface area (Å²) in [7, 11) is 0. The zero-order valence-corrected chi connectivity index (χ0v) is 18.8. The van der Waals surface area contributed by atoms with Crippen LogP contribution in [0.1, 0.15) is 65.5 Å². The first kappa shape index (κ1) is 21.4. The molecule has 2 aromatic carbocycles. The van der Waals surface area contributed by atoms with Crippen molar-refractivity contribution >= 4 is 6.09 Å². The fourth-order valence-corrected chi connectivity index (χ4v) is 4.44. The van der Waals surface area contributed by atoms with Gasteiger partial charge in [0.05, 0.1) is 0 Å². The minimum atomic E-state index is -0.474. The molecule has 0 saturated carbocycles. The van der Waals surface area contributed by atoms with Gasteiger partial charge in [0.2, 0.25) is 0 Å². The highest BCUT2D eigenvalue weighted by molar-refractivity contribution is 5.68. The molecule has 0 aromatic heterocycles. The van der Waals surface area contributed by atoms with Crippen LogP contribution in [-0.4, -0.2) is 18.2 Å². The van der Waals surface area contributed by atoms with Gasteiger partial charge in [0.25, 0.3) is 0 Å². The van der Waals surface area contributed by atoms with Crippen LogP contribution >= 0.6 is 0 Å². The Morgan fingerprint density at radius 2 is 1.72 bits per heavy atom. The summed E-state index contributed by atoms with van der Waals surface area (Å²) in [6, 6.07) is 17.5. The average Bonchev–Trinajstić information content (AvgIpc) is 2.64. The van der Waals surface area contributed by atoms with Crippen molar-refractivity contribution in [3.05, 3.63) is 59.7 Å². The number of rotatable bonds is 4. The molecule has 156 valence electrons. The zero-order valence-electron chi connectivity index (χ0n) is 18.8. The van der Waals surface area contributed by atoms with Crippen LogP contribution in [-0.2, 0) is 16.6 Å². The standard InChI is InChI=1S/C26H35NO2/c1-24(2,3)29-23(28)27-17-16-26(6)22-13-12-20(19-10-8-7-9-11-19)18-21(22)14-15-25(26,4)5/h7-13,18H,14-17H2,1-6H3,(H,27,28). The molecule has 1 N–H and O–H groups in total. The second-order valence-corrected chi connectivity index (χ2v) is 10.1. The van der Waals surface area contributed by atoms with Gasteiger partial charge in [-0.15, -0.1) is 0 Å². The van der Waals surface area contributed by atoms with E-state index in [-0.39, 0.29) is 16.9 Å². The molecule has 2 aromatic rings. The minimum Gasteiger partial charge on any atom is -0.444 e. The summed E-state index contributed by atoms with van der Waals surface area (Å²) in [6.45, 7) is 13.3. The summed E-state index contributed by atoms with van der Waals surface area (Å²) in [5, 5.41) is 2.96. The first-order valence-electron chi connectivity index (χ1n) is 10.7. The number of carbonyl (C=O) groups is 1. The third-order valence-electron chi connectivity index (χ3n) is 6.61. The highest BCUT2D eigenvalue weighted by Gasteiger charge is 2.45. The van der Waals surface area contributed by atoms with E-state index in [0.717, 1.165) is 19.3 Å². The van der Waals surface area contributed by atoms with E-state index in [2.05, 4.69) is 74.6 Å². The van der Waals surface area contributed by atoms with Gasteiger partial charge >= 0.3 is 6.09 Å². The molecular weight excluding hydrogens is 358 g/mol. The monoisotopic (exact) mass is 393 g/mol. The van der Waals surface area contributed by atoms with Crippen molar-refractivity contribution in [3.63, 3.8) is 0 Å². The van der Waals surface area contributed by atoms with Gasteiger partial charge in [0.1, 0.15) is 5.60 Å². The molecule has 3 nitrogen and oxygen atoms in total. The first-order valence-corrected chi connectivity index (χ1v) is 10.7. The number of benzene rings is 2. The third-order valence-corrected chi connectivity index (χ3v) is 6.61. The van der Waals surface area contributed by atoms with E-state index < -0.39 is 5.60 Å². The molecule has 0 saturated heterocycles. The Morgan fingerprint density at radius 1 is 1.03 bits per heavy atom. The lowest BCUT2D eigenvalue weighted by Crippen LogP contribution is -2.46.